The largest absolute Gasteiger partial charge is 0.486 e. The summed E-state index contributed by atoms with van der Waals surface area (Å²) >= 11 is 0. The summed E-state index contributed by atoms with van der Waals surface area (Å²) in [5, 5.41) is 0. The maximum atomic E-state index is 5.74. The van der Waals surface area contributed by atoms with Crippen LogP contribution in [-0.2, 0) is 0 Å². The lowest BCUT2D eigenvalue weighted by atomic mass is 10.2. The number of hydrogen-bond acceptors (Lipinski definition) is 4. The molecule has 0 spiro atoms. The standard InChI is InChI=1S/C9H12N2O2/c1-5-4-12-7-3-2-6(10)8(11)9(7)13-5/h2-3,5H,4,10-11H2,1H3. The Labute approximate surface area is 76.4 Å². The van der Waals surface area contributed by atoms with Crippen LogP contribution >= 0.6 is 0 Å². The number of hydrogen-bond donors (Lipinski definition) is 2. The Morgan fingerprint density at radius 2 is 2.15 bits per heavy atom. The number of ether oxygens (including phenoxy) is 2. The van der Waals surface area contributed by atoms with Gasteiger partial charge in [0, 0.05) is 0 Å². The minimum absolute atomic E-state index is 0.0246. The van der Waals surface area contributed by atoms with Gasteiger partial charge in [-0.25, -0.2) is 0 Å². The van der Waals surface area contributed by atoms with Gasteiger partial charge in [-0.05, 0) is 19.1 Å². The first kappa shape index (κ1) is 8.04. The third-order valence-electron chi connectivity index (χ3n) is 1.99. The van der Waals surface area contributed by atoms with Crippen molar-refractivity contribution in [1.82, 2.24) is 0 Å². The van der Waals surface area contributed by atoms with Crippen LogP contribution in [0.5, 0.6) is 11.5 Å². The van der Waals surface area contributed by atoms with Gasteiger partial charge in [-0.1, -0.05) is 0 Å². The van der Waals surface area contributed by atoms with Crippen LogP contribution in [0.4, 0.5) is 11.4 Å². The molecule has 0 aliphatic carbocycles. The van der Waals surface area contributed by atoms with E-state index in [2.05, 4.69) is 0 Å². The van der Waals surface area contributed by atoms with E-state index in [1.54, 1.807) is 12.1 Å². The van der Waals surface area contributed by atoms with Gasteiger partial charge < -0.3 is 20.9 Å². The molecule has 0 radical (unpaired) electrons. The highest BCUT2D eigenvalue weighted by Crippen LogP contribution is 2.40. The van der Waals surface area contributed by atoms with E-state index in [-0.39, 0.29) is 6.10 Å². The van der Waals surface area contributed by atoms with Crippen molar-refractivity contribution in [2.45, 2.75) is 13.0 Å². The monoisotopic (exact) mass is 180 g/mol. The maximum absolute atomic E-state index is 5.74. The maximum Gasteiger partial charge on any atom is 0.186 e. The summed E-state index contributed by atoms with van der Waals surface area (Å²) in [6.45, 7) is 2.47. The third kappa shape index (κ3) is 1.24. The summed E-state index contributed by atoms with van der Waals surface area (Å²) in [6.07, 6.45) is 0.0246. The van der Waals surface area contributed by atoms with Gasteiger partial charge in [-0.2, -0.15) is 0 Å². The van der Waals surface area contributed by atoms with Gasteiger partial charge in [0.15, 0.2) is 11.5 Å². The molecular formula is C9H12N2O2. The topological polar surface area (TPSA) is 70.5 Å². The second kappa shape index (κ2) is 2.73. The molecule has 1 aliphatic rings. The fourth-order valence-corrected chi connectivity index (χ4v) is 1.27. The van der Waals surface area contributed by atoms with E-state index in [9.17, 15) is 0 Å². The van der Waals surface area contributed by atoms with Crippen LogP contribution in [0, 0.1) is 0 Å². The van der Waals surface area contributed by atoms with Crippen molar-refractivity contribution in [1.29, 1.82) is 0 Å². The fraction of sp³-hybridized carbons (Fsp3) is 0.333. The van der Waals surface area contributed by atoms with Crippen molar-refractivity contribution in [3.63, 3.8) is 0 Å². The number of nitrogen functional groups attached to an aromatic ring is 2. The molecule has 4 nitrogen and oxygen atoms in total. The van der Waals surface area contributed by atoms with Crippen molar-refractivity contribution >= 4 is 11.4 Å². The molecule has 1 unspecified atom stereocenters. The van der Waals surface area contributed by atoms with Gasteiger partial charge >= 0.3 is 0 Å². The van der Waals surface area contributed by atoms with Crippen LogP contribution in [-0.4, -0.2) is 12.7 Å². The van der Waals surface area contributed by atoms with Crippen molar-refractivity contribution in [2.24, 2.45) is 0 Å². The zero-order valence-corrected chi connectivity index (χ0v) is 7.41. The van der Waals surface area contributed by atoms with E-state index < -0.39 is 0 Å². The average molecular weight is 180 g/mol. The summed E-state index contributed by atoms with van der Waals surface area (Å²) in [5.74, 6) is 1.24. The van der Waals surface area contributed by atoms with E-state index in [0.717, 1.165) is 0 Å². The molecule has 13 heavy (non-hydrogen) atoms. The fourth-order valence-electron chi connectivity index (χ4n) is 1.27. The summed E-state index contributed by atoms with van der Waals surface area (Å²) in [5.41, 5.74) is 12.4. The molecule has 2 rings (SSSR count). The van der Waals surface area contributed by atoms with Crippen molar-refractivity contribution in [3.05, 3.63) is 12.1 Å². The van der Waals surface area contributed by atoms with E-state index in [4.69, 9.17) is 20.9 Å². The normalized spacial score (nSPS) is 19.9. The van der Waals surface area contributed by atoms with Gasteiger partial charge in [0.2, 0.25) is 0 Å². The Bertz CT molecular complexity index is 339. The molecule has 70 valence electrons. The Hall–Kier alpha value is -1.58. The zero-order chi connectivity index (χ0) is 9.42. The third-order valence-corrected chi connectivity index (χ3v) is 1.99. The van der Waals surface area contributed by atoms with Gasteiger partial charge in [-0.15, -0.1) is 0 Å². The van der Waals surface area contributed by atoms with Crippen LogP contribution in [0.25, 0.3) is 0 Å². The molecule has 0 bridgehead atoms. The van der Waals surface area contributed by atoms with E-state index in [1.807, 2.05) is 6.92 Å². The van der Waals surface area contributed by atoms with Crippen molar-refractivity contribution in [2.75, 3.05) is 18.1 Å². The van der Waals surface area contributed by atoms with Gasteiger partial charge in [0.05, 0.1) is 5.69 Å². The molecule has 1 heterocycles. The zero-order valence-electron chi connectivity index (χ0n) is 7.41. The van der Waals surface area contributed by atoms with Crippen LogP contribution in [0.1, 0.15) is 6.92 Å². The lowest BCUT2D eigenvalue weighted by molar-refractivity contribution is 0.105. The van der Waals surface area contributed by atoms with E-state index in [0.29, 0.717) is 29.5 Å². The molecule has 0 saturated carbocycles. The number of benzene rings is 1. The first-order chi connectivity index (χ1) is 6.18. The molecule has 1 aliphatic heterocycles. The Morgan fingerprint density at radius 1 is 1.38 bits per heavy atom. The Morgan fingerprint density at radius 3 is 2.92 bits per heavy atom. The highest BCUT2D eigenvalue weighted by Gasteiger charge is 2.20. The molecule has 1 aromatic carbocycles. The van der Waals surface area contributed by atoms with Gasteiger partial charge in [0.1, 0.15) is 18.4 Å². The summed E-state index contributed by atoms with van der Waals surface area (Å²) in [7, 11) is 0. The second-order valence-corrected chi connectivity index (χ2v) is 3.14. The number of anilines is 2. The van der Waals surface area contributed by atoms with E-state index >= 15 is 0 Å². The molecule has 0 amide bonds. The second-order valence-electron chi connectivity index (χ2n) is 3.14. The SMILES string of the molecule is CC1COc2ccc(N)c(N)c2O1. The number of rotatable bonds is 0. The molecule has 4 heteroatoms. The molecular weight excluding hydrogens is 168 g/mol. The summed E-state index contributed by atoms with van der Waals surface area (Å²) in [6, 6.07) is 3.49. The Balaban J connectivity index is 2.48. The van der Waals surface area contributed by atoms with Crippen molar-refractivity contribution in [3.8, 4) is 11.5 Å². The number of fused-ring (bicyclic) bond motifs is 1. The molecule has 1 atom stereocenters. The van der Waals surface area contributed by atoms with Crippen LogP contribution < -0.4 is 20.9 Å². The summed E-state index contributed by atoms with van der Waals surface area (Å²) in [4.78, 5) is 0. The molecule has 1 aromatic rings. The predicted octanol–water partition coefficient (Wildman–Crippen LogP) is 1.01. The molecule has 0 saturated heterocycles. The first-order valence-corrected chi connectivity index (χ1v) is 4.16. The average Bonchev–Trinajstić information content (AvgIpc) is 2.12. The van der Waals surface area contributed by atoms with Gasteiger partial charge in [0.25, 0.3) is 0 Å². The van der Waals surface area contributed by atoms with Gasteiger partial charge in [-0.3, -0.25) is 0 Å². The molecule has 0 aromatic heterocycles. The highest BCUT2D eigenvalue weighted by atomic mass is 16.6. The van der Waals surface area contributed by atoms with Crippen LogP contribution in [0.15, 0.2) is 12.1 Å². The van der Waals surface area contributed by atoms with Crippen LogP contribution in [0.2, 0.25) is 0 Å². The quantitative estimate of drug-likeness (QED) is 0.584. The predicted molar refractivity (Wildman–Crippen MR) is 50.9 cm³/mol. The van der Waals surface area contributed by atoms with Crippen LogP contribution in [0.3, 0.4) is 0 Å². The number of nitrogens with two attached hydrogens (primary N) is 2. The lowest BCUT2D eigenvalue weighted by Gasteiger charge is -2.25. The molecule has 0 fully saturated rings. The minimum atomic E-state index is 0.0246. The van der Waals surface area contributed by atoms with Crippen molar-refractivity contribution < 1.29 is 9.47 Å². The van der Waals surface area contributed by atoms with E-state index in [1.165, 1.54) is 0 Å². The highest BCUT2D eigenvalue weighted by molar-refractivity contribution is 5.75. The summed E-state index contributed by atoms with van der Waals surface area (Å²) < 4.78 is 10.9. The Kier molecular flexibility index (Phi) is 1.69. The minimum Gasteiger partial charge on any atom is -0.486 e. The first-order valence-electron chi connectivity index (χ1n) is 4.16. The smallest absolute Gasteiger partial charge is 0.186 e. The molecule has 4 N–H and O–H groups in total. The lowest BCUT2D eigenvalue weighted by Crippen LogP contribution is -2.26.